The van der Waals surface area contributed by atoms with Crippen LogP contribution in [0.5, 0.6) is 0 Å². The van der Waals surface area contributed by atoms with Gasteiger partial charge in [-0.1, -0.05) is 12.1 Å². The van der Waals surface area contributed by atoms with E-state index in [1.165, 1.54) is 6.07 Å². The molecule has 0 aliphatic heterocycles. The van der Waals surface area contributed by atoms with E-state index >= 15 is 0 Å². The maximum atomic E-state index is 13.3. The number of nitrogens with one attached hydrogen (secondary N) is 1. The van der Waals surface area contributed by atoms with Crippen LogP contribution in [-0.4, -0.2) is 5.91 Å². The van der Waals surface area contributed by atoms with Crippen LogP contribution in [0.4, 0.5) is 15.8 Å². The predicted molar refractivity (Wildman–Crippen MR) is 82.4 cm³/mol. The molecule has 0 aliphatic rings. The molecule has 1 amide bonds. The van der Waals surface area contributed by atoms with E-state index in [4.69, 9.17) is 11.0 Å². The summed E-state index contributed by atoms with van der Waals surface area (Å²) in [6, 6.07) is 9.56. The van der Waals surface area contributed by atoms with Gasteiger partial charge in [-0.3, -0.25) is 4.79 Å². The predicted octanol–water partition coefficient (Wildman–Crippen LogP) is 3.60. The van der Waals surface area contributed by atoms with Crippen molar-refractivity contribution in [2.75, 3.05) is 11.1 Å². The first-order valence-electron chi connectivity index (χ1n) is 5.99. The molecule has 0 saturated heterocycles. The Kier molecular flexibility index (Phi) is 4.24. The Morgan fingerprint density at radius 2 is 2.14 bits per heavy atom. The monoisotopic (exact) mass is 347 g/mol. The molecule has 0 spiro atoms. The van der Waals surface area contributed by atoms with Gasteiger partial charge in [0.05, 0.1) is 22.5 Å². The van der Waals surface area contributed by atoms with E-state index in [-0.39, 0.29) is 15.7 Å². The Morgan fingerprint density at radius 3 is 2.81 bits per heavy atom. The standard InChI is InChI=1S/C15H11BrFN3O/c1-8-3-2-4-14(10(8)7-18)20-15(21)9-5-13(19)12(17)6-11(9)16/h2-6H,19H2,1H3,(H,20,21). The summed E-state index contributed by atoms with van der Waals surface area (Å²) < 4.78 is 13.6. The van der Waals surface area contributed by atoms with Gasteiger partial charge in [0, 0.05) is 4.47 Å². The van der Waals surface area contributed by atoms with Crippen LogP contribution < -0.4 is 11.1 Å². The molecule has 2 aromatic rings. The van der Waals surface area contributed by atoms with Gasteiger partial charge in [0.25, 0.3) is 5.91 Å². The number of halogens is 2. The van der Waals surface area contributed by atoms with Gasteiger partial charge < -0.3 is 11.1 Å². The highest BCUT2D eigenvalue weighted by atomic mass is 79.9. The van der Waals surface area contributed by atoms with Crippen molar-refractivity contribution in [1.29, 1.82) is 5.26 Å². The van der Waals surface area contributed by atoms with E-state index in [0.29, 0.717) is 11.3 Å². The van der Waals surface area contributed by atoms with Crippen LogP contribution in [0.15, 0.2) is 34.8 Å². The first kappa shape index (κ1) is 15.0. The normalized spacial score (nSPS) is 10.0. The number of carbonyl (C=O) groups is 1. The Hall–Kier alpha value is -2.39. The summed E-state index contributed by atoms with van der Waals surface area (Å²) in [5.74, 6) is -1.08. The minimum absolute atomic E-state index is 0.118. The van der Waals surface area contributed by atoms with E-state index in [1.807, 2.05) is 6.07 Å². The molecule has 0 aliphatic carbocycles. The first-order valence-corrected chi connectivity index (χ1v) is 6.79. The van der Waals surface area contributed by atoms with Crippen molar-refractivity contribution in [3.63, 3.8) is 0 Å². The van der Waals surface area contributed by atoms with Crippen LogP contribution in [0.3, 0.4) is 0 Å². The van der Waals surface area contributed by atoms with E-state index in [1.54, 1.807) is 25.1 Å². The third-order valence-electron chi connectivity index (χ3n) is 2.96. The Labute approximate surface area is 129 Å². The van der Waals surface area contributed by atoms with Crippen molar-refractivity contribution >= 4 is 33.2 Å². The van der Waals surface area contributed by atoms with Crippen LogP contribution >= 0.6 is 15.9 Å². The number of anilines is 2. The van der Waals surface area contributed by atoms with Crippen molar-refractivity contribution < 1.29 is 9.18 Å². The van der Waals surface area contributed by atoms with Crippen molar-refractivity contribution in [2.45, 2.75) is 6.92 Å². The average Bonchev–Trinajstić information content (AvgIpc) is 2.43. The van der Waals surface area contributed by atoms with Gasteiger partial charge in [0.15, 0.2) is 0 Å². The largest absolute Gasteiger partial charge is 0.396 e. The molecular weight excluding hydrogens is 337 g/mol. The second-order valence-electron chi connectivity index (χ2n) is 4.42. The molecule has 0 bridgehead atoms. The zero-order valence-electron chi connectivity index (χ0n) is 11.1. The lowest BCUT2D eigenvalue weighted by molar-refractivity contribution is 0.102. The maximum Gasteiger partial charge on any atom is 0.256 e. The lowest BCUT2D eigenvalue weighted by Crippen LogP contribution is -2.14. The first-order chi connectivity index (χ1) is 9.93. The number of nitriles is 1. The summed E-state index contributed by atoms with van der Waals surface area (Å²) in [5, 5.41) is 11.8. The van der Waals surface area contributed by atoms with Crippen LogP contribution in [0.2, 0.25) is 0 Å². The third kappa shape index (κ3) is 3.03. The molecule has 2 aromatic carbocycles. The van der Waals surface area contributed by atoms with Gasteiger partial charge in [-0.2, -0.15) is 5.26 Å². The van der Waals surface area contributed by atoms with Crippen molar-refractivity contribution in [1.82, 2.24) is 0 Å². The van der Waals surface area contributed by atoms with E-state index < -0.39 is 11.7 Å². The summed E-state index contributed by atoms with van der Waals surface area (Å²) >= 11 is 3.12. The second kappa shape index (κ2) is 5.94. The fourth-order valence-corrected chi connectivity index (χ4v) is 2.35. The molecule has 3 N–H and O–H groups in total. The zero-order chi connectivity index (χ0) is 15.6. The molecule has 0 fully saturated rings. The number of amides is 1. The van der Waals surface area contributed by atoms with Crippen molar-refractivity contribution in [2.24, 2.45) is 0 Å². The number of hydrogen-bond donors (Lipinski definition) is 2. The van der Waals surface area contributed by atoms with Gasteiger partial charge in [0.2, 0.25) is 0 Å². The molecule has 0 atom stereocenters. The van der Waals surface area contributed by atoms with E-state index in [2.05, 4.69) is 21.2 Å². The lowest BCUT2D eigenvalue weighted by Gasteiger charge is -2.10. The highest BCUT2D eigenvalue weighted by molar-refractivity contribution is 9.10. The van der Waals surface area contributed by atoms with Crippen LogP contribution in [0, 0.1) is 24.1 Å². The molecule has 0 saturated carbocycles. The Morgan fingerprint density at radius 1 is 1.43 bits per heavy atom. The van der Waals surface area contributed by atoms with Crippen LogP contribution in [0.25, 0.3) is 0 Å². The SMILES string of the molecule is Cc1cccc(NC(=O)c2cc(N)c(F)cc2Br)c1C#N. The number of nitrogens with two attached hydrogens (primary N) is 1. The highest BCUT2D eigenvalue weighted by Crippen LogP contribution is 2.25. The lowest BCUT2D eigenvalue weighted by atomic mass is 10.1. The van der Waals surface area contributed by atoms with Gasteiger partial charge >= 0.3 is 0 Å². The Bertz CT molecular complexity index is 768. The summed E-state index contributed by atoms with van der Waals surface area (Å²) in [5.41, 5.74) is 7.09. The van der Waals surface area contributed by atoms with Gasteiger partial charge in [-0.25, -0.2) is 4.39 Å². The third-order valence-corrected chi connectivity index (χ3v) is 3.62. The molecule has 0 aromatic heterocycles. The number of benzene rings is 2. The van der Waals surface area contributed by atoms with Gasteiger partial charge in [-0.15, -0.1) is 0 Å². The summed E-state index contributed by atoms with van der Waals surface area (Å²) in [7, 11) is 0. The number of rotatable bonds is 2. The Balaban J connectivity index is 2.38. The molecule has 0 unspecified atom stereocenters. The minimum atomic E-state index is -0.605. The van der Waals surface area contributed by atoms with Gasteiger partial charge in [0.1, 0.15) is 11.9 Å². The van der Waals surface area contributed by atoms with Crippen molar-refractivity contribution in [3.05, 3.63) is 57.3 Å². The molecule has 4 nitrogen and oxygen atoms in total. The molecule has 2 rings (SSSR count). The minimum Gasteiger partial charge on any atom is -0.396 e. The summed E-state index contributed by atoms with van der Waals surface area (Å²) in [6.45, 7) is 1.78. The number of nitrogen functional groups attached to an aromatic ring is 1. The second-order valence-corrected chi connectivity index (χ2v) is 5.27. The van der Waals surface area contributed by atoms with E-state index in [9.17, 15) is 9.18 Å². The molecular formula is C15H11BrFN3O. The summed E-state index contributed by atoms with van der Waals surface area (Å²) in [6.07, 6.45) is 0. The average molecular weight is 348 g/mol. The highest BCUT2D eigenvalue weighted by Gasteiger charge is 2.15. The molecule has 106 valence electrons. The molecule has 21 heavy (non-hydrogen) atoms. The number of carbonyl (C=O) groups excluding carboxylic acids is 1. The molecule has 6 heteroatoms. The number of nitrogens with zero attached hydrogens (tertiary/aromatic N) is 1. The smallest absolute Gasteiger partial charge is 0.256 e. The summed E-state index contributed by atoms with van der Waals surface area (Å²) in [4.78, 5) is 12.2. The zero-order valence-corrected chi connectivity index (χ0v) is 12.7. The molecule has 0 heterocycles. The fraction of sp³-hybridized carbons (Fsp3) is 0.0667. The van der Waals surface area contributed by atoms with E-state index in [0.717, 1.165) is 11.6 Å². The van der Waals surface area contributed by atoms with Crippen LogP contribution in [0.1, 0.15) is 21.5 Å². The molecule has 0 radical (unpaired) electrons. The quantitative estimate of drug-likeness (QED) is 0.814. The van der Waals surface area contributed by atoms with Crippen molar-refractivity contribution in [3.8, 4) is 6.07 Å². The number of hydrogen-bond acceptors (Lipinski definition) is 3. The maximum absolute atomic E-state index is 13.3. The fourth-order valence-electron chi connectivity index (χ4n) is 1.85. The number of aryl methyl sites for hydroxylation is 1. The topological polar surface area (TPSA) is 78.9 Å². The van der Waals surface area contributed by atoms with Crippen LogP contribution in [-0.2, 0) is 0 Å². The van der Waals surface area contributed by atoms with Gasteiger partial charge in [-0.05, 0) is 46.6 Å².